The molecular weight excluding hydrogens is 704 g/mol. The number of ether oxygens (including phenoxy) is 7. The second-order valence-corrected chi connectivity index (χ2v) is 13.7. The standard InChI is InChI=1S/C35H66N2O16/c1-6-9-20(4)50-32-30(44)31(45)35(53-33(32)34(46)36-15-22(41)18-47-12-13-48-28(42)17-39)52-26-14-25(51-27(16-38)29(26)43)24(37-21(5)40)19-49-23(10-7-2)11-8-3/h20,22-33,35,38-39,41-45H,6-19H2,1-5H3,(H,36,46)(H,37,40). The molecule has 9 N–H and O–H groups in total. The van der Waals surface area contributed by atoms with Crippen molar-refractivity contribution in [3.05, 3.63) is 0 Å². The average molecular weight is 771 g/mol. The Morgan fingerprint density at radius 1 is 0.887 bits per heavy atom. The van der Waals surface area contributed by atoms with Crippen molar-refractivity contribution in [2.45, 2.75) is 165 Å². The number of nitrogens with one attached hydrogen (secondary N) is 2. The lowest BCUT2D eigenvalue weighted by molar-refractivity contribution is -0.328. The average Bonchev–Trinajstić information content (AvgIpc) is 3.12. The van der Waals surface area contributed by atoms with Crippen LogP contribution in [0.25, 0.3) is 0 Å². The zero-order chi connectivity index (χ0) is 39.5. The van der Waals surface area contributed by atoms with Crippen LogP contribution in [0.3, 0.4) is 0 Å². The molecule has 2 saturated heterocycles. The maximum absolute atomic E-state index is 13.5. The van der Waals surface area contributed by atoms with E-state index in [2.05, 4.69) is 24.5 Å². The van der Waals surface area contributed by atoms with Gasteiger partial charge >= 0.3 is 0 Å². The Bertz CT molecular complexity index is 1010. The number of rotatable bonds is 26. The molecule has 0 bridgehead atoms. The molecule has 0 aliphatic carbocycles. The van der Waals surface area contributed by atoms with Gasteiger partial charge in [0, 0.05) is 19.9 Å². The second kappa shape index (κ2) is 25.5. The predicted molar refractivity (Wildman–Crippen MR) is 187 cm³/mol. The molecule has 2 rings (SSSR count). The van der Waals surface area contributed by atoms with Crippen molar-refractivity contribution >= 4 is 11.8 Å². The van der Waals surface area contributed by atoms with Crippen molar-refractivity contribution in [2.75, 3.05) is 46.2 Å². The Balaban J connectivity index is 2.21. The maximum atomic E-state index is 13.5. The third-order valence-electron chi connectivity index (χ3n) is 9.04. The van der Waals surface area contributed by atoms with E-state index in [4.69, 9.17) is 38.3 Å². The Labute approximate surface area is 312 Å². The summed E-state index contributed by atoms with van der Waals surface area (Å²) < 4.78 is 40.4. The van der Waals surface area contributed by atoms with Gasteiger partial charge in [0.15, 0.2) is 18.7 Å². The minimum absolute atomic E-state index is 0.00496. The highest BCUT2D eigenvalue weighted by Crippen LogP contribution is 2.32. The molecule has 0 aromatic heterocycles. The smallest absolute Gasteiger partial charge is 0.252 e. The summed E-state index contributed by atoms with van der Waals surface area (Å²) in [6, 6.07) is -0.689. The van der Waals surface area contributed by atoms with Gasteiger partial charge < -0.3 is 79.5 Å². The second-order valence-electron chi connectivity index (χ2n) is 13.7. The minimum atomic E-state index is -1.73. The van der Waals surface area contributed by atoms with Crippen molar-refractivity contribution in [3.63, 3.8) is 0 Å². The highest BCUT2D eigenvalue weighted by Gasteiger charge is 2.51. The molecular formula is C35H66N2O16. The van der Waals surface area contributed by atoms with Crippen molar-refractivity contribution < 1.29 is 78.5 Å². The third-order valence-corrected chi connectivity index (χ3v) is 9.04. The van der Waals surface area contributed by atoms with E-state index < -0.39 is 98.8 Å². The summed E-state index contributed by atoms with van der Waals surface area (Å²) in [7, 11) is 0. The predicted octanol–water partition coefficient (Wildman–Crippen LogP) is -1.79. The number of carbonyl (C=O) groups excluding carboxylic acids is 2. The van der Waals surface area contributed by atoms with E-state index in [0.29, 0.717) is 6.42 Å². The van der Waals surface area contributed by atoms with Crippen LogP contribution in [0, 0.1) is 0 Å². The zero-order valence-corrected chi connectivity index (χ0v) is 31.8. The third kappa shape index (κ3) is 16.2. The summed E-state index contributed by atoms with van der Waals surface area (Å²) in [6.45, 7) is 7.50. The number of aliphatic hydroxyl groups excluding tert-OH is 7. The van der Waals surface area contributed by atoms with Gasteiger partial charge in [-0.2, -0.15) is 0 Å². The zero-order valence-electron chi connectivity index (χ0n) is 31.8. The van der Waals surface area contributed by atoms with Gasteiger partial charge in [0.05, 0.1) is 76.2 Å². The molecule has 2 heterocycles. The number of hydrogen-bond acceptors (Lipinski definition) is 16. The van der Waals surface area contributed by atoms with Crippen LogP contribution in [0.1, 0.15) is 79.6 Å². The fourth-order valence-corrected chi connectivity index (χ4v) is 6.33. The Morgan fingerprint density at radius 3 is 2.17 bits per heavy atom. The Kier molecular flexibility index (Phi) is 22.9. The van der Waals surface area contributed by atoms with E-state index in [9.17, 15) is 40.2 Å². The molecule has 13 unspecified atom stereocenters. The SMILES string of the molecule is CCCC(C)OC1C(C(=O)NCC(O)COCCOC(O)CO)OC(OC2CC(C(COC(CCC)CCC)NC(C)=O)OC(CO)C2O)C(O)C1O. The van der Waals surface area contributed by atoms with Crippen LogP contribution in [-0.4, -0.2) is 180 Å². The van der Waals surface area contributed by atoms with E-state index >= 15 is 0 Å². The molecule has 2 aliphatic rings. The van der Waals surface area contributed by atoms with Gasteiger partial charge in [-0.05, 0) is 26.2 Å². The minimum Gasteiger partial charge on any atom is -0.394 e. The van der Waals surface area contributed by atoms with Gasteiger partial charge in [-0.1, -0.05) is 40.0 Å². The topological polar surface area (TPSA) is 264 Å². The molecule has 0 aromatic rings. The van der Waals surface area contributed by atoms with Gasteiger partial charge in [0.2, 0.25) is 5.91 Å². The van der Waals surface area contributed by atoms with Gasteiger partial charge in [-0.15, -0.1) is 0 Å². The van der Waals surface area contributed by atoms with Crippen LogP contribution < -0.4 is 10.6 Å². The van der Waals surface area contributed by atoms with E-state index in [0.717, 1.165) is 32.1 Å². The first-order valence-electron chi connectivity index (χ1n) is 18.9. The first kappa shape index (κ1) is 47.5. The monoisotopic (exact) mass is 770 g/mol. The summed E-state index contributed by atoms with van der Waals surface area (Å²) in [4.78, 5) is 25.7. The number of amides is 2. The van der Waals surface area contributed by atoms with Gasteiger partial charge in [-0.25, -0.2) is 0 Å². The first-order valence-corrected chi connectivity index (χ1v) is 18.9. The van der Waals surface area contributed by atoms with E-state index in [1.807, 2.05) is 6.92 Å². The molecule has 13 atom stereocenters. The Hall–Kier alpha value is -1.62. The molecule has 0 spiro atoms. The van der Waals surface area contributed by atoms with Crippen LogP contribution in [0.15, 0.2) is 0 Å². The Morgan fingerprint density at radius 2 is 1.57 bits per heavy atom. The molecule has 18 heteroatoms. The largest absolute Gasteiger partial charge is 0.394 e. The quantitative estimate of drug-likeness (QED) is 0.0348. The molecule has 2 aliphatic heterocycles. The van der Waals surface area contributed by atoms with Crippen molar-refractivity contribution in [2.24, 2.45) is 0 Å². The summed E-state index contributed by atoms with van der Waals surface area (Å²) >= 11 is 0. The molecule has 0 aromatic carbocycles. The number of aliphatic hydroxyl groups is 7. The molecule has 18 nitrogen and oxygen atoms in total. The molecule has 0 radical (unpaired) electrons. The van der Waals surface area contributed by atoms with Crippen molar-refractivity contribution in [3.8, 4) is 0 Å². The maximum Gasteiger partial charge on any atom is 0.252 e. The fraction of sp³-hybridized carbons (Fsp3) is 0.943. The van der Waals surface area contributed by atoms with E-state index in [1.165, 1.54) is 6.92 Å². The van der Waals surface area contributed by atoms with Crippen LogP contribution in [0.4, 0.5) is 0 Å². The van der Waals surface area contributed by atoms with Crippen molar-refractivity contribution in [1.82, 2.24) is 10.6 Å². The molecule has 312 valence electrons. The van der Waals surface area contributed by atoms with Crippen LogP contribution >= 0.6 is 0 Å². The number of carbonyl (C=O) groups is 2. The molecule has 53 heavy (non-hydrogen) atoms. The lowest BCUT2D eigenvalue weighted by Crippen LogP contribution is -2.65. The van der Waals surface area contributed by atoms with Crippen LogP contribution in [0.5, 0.6) is 0 Å². The first-order chi connectivity index (χ1) is 25.3. The van der Waals surface area contributed by atoms with Crippen LogP contribution in [0.2, 0.25) is 0 Å². The highest BCUT2D eigenvalue weighted by molar-refractivity contribution is 5.81. The molecule has 0 saturated carbocycles. The van der Waals surface area contributed by atoms with E-state index in [1.54, 1.807) is 6.92 Å². The lowest BCUT2D eigenvalue weighted by atomic mass is 9.93. The molecule has 2 fully saturated rings. The summed E-state index contributed by atoms with van der Waals surface area (Å²) in [5.41, 5.74) is 0. The lowest BCUT2D eigenvalue weighted by Gasteiger charge is -2.46. The summed E-state index contributed by atoms with van der Waals surface area (Å²) in [6.07, 6.45) is -10.7. The van der Waals surface area contributed by atoms with Gasteiger partial charge in [-0.3, -0.25) is 9.59 Å². The normalized spacial score (nSPS) is 30.1. The van der Waals surface area contributed by atoms with Gasteiger partial charge in [0.25, 0.3) is 5.91 Å². The summed E-state index contributed by atoms with van der Waals surface area (Å²) in [5.74, 6) is -1.13. The van der Waals surface area contributed by atoms with Crippen LogP contribution in [-0.2, 0) is 42.7 Å². The fourth-order valence-electron chi connectivity index (χ4n) is 6.33. The van der Waals surface area contributed by atoms with Gasteiger partial charge in [0.1, 0.15) is 30.5 Å². The number of hydrogen-bond donors (Lipinski definition) is 9. The van der Waals surface area contributed by atoms with E-state index in [-0.39, 0.29) is 51.4 Å². The highest BCUT2D eigenvalue weighted by atomic mass is 16.7. The molecule has 2 amide bonds. The van der Waals surface area contributed by atoms with Crippen molar-refractivity contribution in [1.29, 1.82) is 0 Å². The summed E-state index contributed by atoms with van der Waals surface area (Å²) in [5, 5.41) is 77.5.